The van der Waals surface area contributed by atoms with Gasteiger partial charge in [0.15, 0.2) is 11.5 Å². The molecule has 0 radical (unpaired) electrons. The second-order valence-electron chi connectivity index (χ2n) is 6.43. The van der Waals surface area contributed by atoms with Gasteiger partial charge in [0.05, 0.1) is 12.2 Å². The molecule has 7 heteroatoms. The zero-order valence-corrected chi connectivity index (χ0v) is 14.8. The van der Waals surface area contributed by atoms with Gasteiger partial charge < -0.3 is 10.3 Å². The Hall–Kier alpha value is -4.00. The van der Waals surface area contributed by atoms with Crippen molar-refractivity contribution in [1.82, 2.24) is 30.1 Å². The third-order valence-electron chi connectivity index (χ3n) is 4.62. The van der Waals surface area contributed by atoms with Crippen molar-refractivity contribution in [2.45, 2.75) is 6.54 Å². The first-order valence-electron chi connectivity index (χ1n) is 8.90. The molecule has 7 nitrogen and oxygen atoms in total. The zero-order valence-electron chi connectivity index (χ0n) is 14.8. The van der Waals surface area contributed by atoms with Crippen LogP contribution in [0.15, 0.2) is 72.9 Å². The van der Waals surface area contributed by atoms with Crippen LogP contribution in [-0.2, 0) is 6.54 Å². The molecule has 0 saturated heterocycles. The number of fused-ring (bicyclic) bond motifs is 2. The van der Waals surface area contributed by atoms with Crippen LogP contribution in [-0.4, -0.2) is 30.7 Å². The van der Waals surface area contributed by atoms with Crippen LogP contribution in [0.25, 0.3) is 27.8 Å². The van der Waals surface area contributed by atoms with Crippen LogP contribution in [0.5, 0.6) is 0 Å². The molecule has 0 aliphatic carbocycles. The number of carbonyl (C=O) groups is 1. The minimum atomic E-state index is -0.174. The van der Waals surface area contributed by atoms with Gasteiger partial charge in [0, 0.05) is 22.8 Å². The maximum absolute atomic E-state index is 12.5. The lowest BCUT2D eigenvalue weighted by Crippen LogP contribution is -2.24. The maximum Gasteiger partial charge on any atom is 0.251 e. The van der Waals surface area contributed by atoms with E-state index in [9.17, 15) is 4.79 Å². The van der Waals surface area contributed by atoms with Gasteiger partial charge in [-0.3, -0.25) is 4.79 Å². The first kappa shape index (κ1) is 16.2. The third kappa shape index (κ3) is 2.88. The number of nitrogens with zero attached hydrogens (tertiary/aromatic N) is 4. The summed E-state index contributed by atoms with van der Waals surface area (Å²) in [6, 6.07) is 21.2. The number of aromatic nitrogens is 5. The highest BCUT2D eigenvalue weighted by Crippen LogP contribution is 2.17. The third-order valence-corrected chi connectivity index (χ3v) is 4.62. The van der Waals surface area contributed by atoms with E-state index in [4.69, 9.17) is 0 Å². The van der Waals surface area contributed by atoms with Crippen molar-refractivity contribution in [1.29, 1.82) is 0 Å². The average Bonchev–Trinajstić information content (AvgIpc) is 3.38. The van der Waals surface area contributed by atoms with Crippen molar-refractivity contribution in [2.24, 2.45) is 0 Å². The molecule has 136 valence electrons. The number of carbonyl (C=O) groups excluding carboxylic acids is 1. The molecule has 0 saturated carbocycles. The Balaban J connectivity index is 1.39. The molecule has 0 spiro atoms. The van der Waals surface area contributed by atoms with E-state index in [1.807, 2.05) is 66.9 Å². The minimum Gasteiger partial charge on any atom is -0.361 e. The summed E-state index contributed by atoms with van der Waals surface area (Å²) in [6.45, 7) is 0.230. The summed E-state index contributed by atoms with van der Waals surface area (Å²) < 4.78 is 1.66. The number of hydrogen-bond acceptors (Lipinski definition) is 4. The van der Waals surface area contributed by atoms with Crippen LogP contribution >= 0.6 is 0 Å². The Labute approximate surface area is 160 Å². The summed E-state index contributed by atoms with van der Waals surface area (Å²) in [6.07, 6.45) is 1.85. The average molecular weight is 368 g/mol. The molecule has 0 aliphatic heterocycles. The highest BCUT2D eigenvalue weighted by Gasteiger charge is 2.12. The molecule has 2 N–H and O–H groups in total. The number of amides is 1. The lowest BCUT2D eigenvalue weighted by molar-refractivity contribution is 0.0950. The van der Waals surface area contributed by atoms with Crippen molar-refractivity contribution in [3.63, 3.8) is 0 Å². The van der Waals surface area contributed by atoms with Crippen LogP contribution in [0, 0.1) is 0 Å². The molecular weight excluding hydrogens is 352 g/mol. The van der Waals surface area contributed by atoms with Crippen molar-refractivity contribution in [3.8, 4) is 11.3 Å². The summed E-state index contributed by atoms with van der Waals surface area (Å²) in [4.78, 5) is 15.6. The van der Waals surface area contributed by atoms with Gasteiger partial charge in [0.1, 0.15) is 0 Å². The first-order chi connectivity index (χ1) is 13.8. The molecule has 0 bridgehead atoms. The molecule has 0 aliphatic rings. The van der Waals surface area contributed by atoms with E-state index in [1.54, 1.807) is 10.6 Å². The van der Waals surface area contributed by atoms with Gasteiger partial charge in [-0.25, -0.2) is 0 Å². The van der Waals surface area contributed by atoms with Crippen molar-refractivity contribution in [2.75, 3.05) is 0 Å². The van der Waals surface area contributed by atoms with E-state index in [0.717, 1.165) is 22.2 Å². The molecule has 3 heterocycles. The standard InChI is InChI=1S/C21H16N6O/c28-21(16-7-6-15-10-11-22-18(15)12-16)23-13-20-25-24-19-9-8-17(26-27(19)20)14-4-2-1-3-5-14/h1-12,22H,13H2,(H,23,28). The fraction of sp³-hybridized carbons (Fsp3) is 0.0476. The summed E-state index contributed by atoms with van der Waals surface area (Å²) in [5.74, 6) is 0.398. The van der Waals surface area contributed by atoms with Crippen molar-refractivity contribution < 1.29 is 4.79 Å². The Morgan fingerprint density at radius 3 is 2.79 bits per heavy atom. The highest BCUT2D eigenvalue weighted by atomic mass is 16.1. The number of rotatable bonds is 4. The Bertz CT molecular complexity index is 1290. The summed E-state index contributed by atoms with van der Waals surface area (Å²) in [5, 5.41) is 16.9. The molecule has 2 aromatic carbocycles. The fourth-order valence-corrected chi connectivity index (χ4v) is 3.16. The predicted octanol–water partition coefficient (Wildman–Crippen LogP) is 3.20. The number of aromatic amines is 1. The van der Waals surface area contributed by atoms with Crippen LogP contribution in [0.4, 0.5) is 0 Å². The molecule has 28 heavy (non-hydrogen) atoms. The van der Waals surface area contributed by atoms with Crippen LogP contribution in [0.3, 0.4) is 0 Å². The van der Waals surface area contributed by atoms with E-state index < -0.39 is 0 Å². The van der Waals surface area contributed by atoms with E-state index in [1.165, 1.54) is 0 Å². The highest BCUT2D eigenvalue weighted by molar-refractivity contribution is 5.97. The van der Waals surface area contributed by atoms with E-state index in [2.05, 4.69) is 25.6 Å². The summed E-state index contributed by atoms with van der Waals surface area (Å²) in [7, 11) is 0. The van der Waals surface area contributed by atoms with Gasteiger partial charge in [0.2, 0.25) is 0 Å². The molecule has 5 aromatic rings. The van der Waals surface area contributed by atoms with Gasteiger partial charge in [-0.05, 0) is 35.7 Å². The van der Waals surface area contributed by atoms with Gasteiger partial charge in [-0.1, -0.05) is 36.4 Å². The number of hydrogen-bond donors (Lipinski definition) is 2. The number of H-pyrrole nitrogens is 1. The smallest absolute Gasteiger partial charge is 0.251 e. The molecule has 1 amide bonds. The van der Waals surface area contributed by atoms with Crippen molar-refractivity contribution in [3.05, 3.63) is 84.3 Å². The lowest BCUT2D eigenvalue weighted by Gasteiger charge is -2.05. The van der Waals surface area contributed by atoms with Gasteiger partial charge in [-0.2, -0.15) is 9.61 Å². The SMILES string of the molecule is O=C(NCc1nnc2ccc(-c3ccccc3)nn12)c1ccc2cc[nH]c2c1. The van der Waals surface area contributed by atoms with Crippen LogP contribution in [0.2, 0.25) is 0 Å². The molecule has 0 atom stereocenters. The topological polar surface area (TPSA) is 88.0 Å². The molecular formula is C21H16N6O. The summed E-state index contributed by atoms with van der Waals surface area (Å²) in [5.41, 5.74) is 3.97. The molecule has 0 fully saturated rings. The largest absolute Gasteiger partial charge is 0.361 e. The Kier molecular flexibility index (Phi) is 3.83. The van der Waals surface area contributed by atoms with E-state index in [0.29, 0.717) is 17.0 Å². The Morgan fingerprint density at radius 1 is 1.00 bits per heavy atom. The first-order valence-corrected chi connectivity index (χ1v) is 8.90. The predicted molar refractivity (Wildman–Crippen MR) is 106 cm³/mol. The Morgan fingerprint density at radius 2 is 1.89 bits per heavy atom. The number of nitrogens with one attached hydrogen (secondary N) is 2. The summed E-state index contributed by atoms with van der Waals surface area (Å²) >= 11 is 0. The van der Waals surface area contributed by atoms with Crippen LogP contribution in [0.1, 0.15) is 16.2 Å². The minimum absolute atomic E-state index is 0.174. The quantitative estimate of drug-likeness (QED) is 0.510. The molecule has 5 rings (SSSR count). The normalized spacial score (nSPS) is 11.1. The lowest BCUT2D eigenvalue weighted by atomic mass is 10.1. The van der Waals surface area contributed by atoms with Gasteiger partial charge in [-0.15, -0.1) is 10.2 Å². The number of benzene rings is 2. The van der Waals surface area contributed by atoms with Crippen LogP contribution < -0.4 is 5.32 Å². The van der Waals surface area contributed by atoms with E-state index >= 15 is 0 Å². The monoisotopic (exact) mass is 368 g/mol. The van der Waals surface area contributed by atoms with Gasteiger partial charge >= 0.3 is 0 Å². The second kappa shape index (κ2) is 6.62. The van der Waals surface area contributed by atoms with Crippen molar-refractivity contribution >= 4 is 22.5 Å². The van der Waals surface area contributed by atoms with E-state index in [-0.39, 0.29) is 12.5 Å². The van der Waals surface area contributed by atoms with Gasteiger partial charge in [0.25, 0.3) is 5.91 Å². The maximum atomic E-state index is 12.5. The fourth-order valence-electron chi connectivity index (χ4n) is 3.16. The molecule has 0 unspecified atom stereocenters. The molecule has 3 aromatic heterocycles. The zero-order chi connectivity index (χ0) is 18.9. The second-order valence-corrected chi connectivity index (χ2v) is 6.43.